The summed E-state index contributed by atoms with van der Waals surface area (Å²) in [5, 5.41) is 1.10. The summed E-state index contributed by atoms with van der Waals surface area (Å²) in [5.41, 5.74) is 5.07. The van der Waals surface area contributed by atoms with Crippen molar-refractivity contribution < 1.29 is 9.18 Å². The van der Waals surface area contributed by atoms with Crippen LogP contribution in [0.5, 0.6) is 0 Å². The minimum absolute atomic E-state index is 0.125. The molecule has 0 atom stereocenters. The van der Waals surface area contributed by atoms with Gasteiger partial charge >= 0.3 is 0 Å². The summed E-state index contributed by atoms with van der Waals surface area (Å²) in [4.78, 5) is 20.9. The molecule has 3 aromatic carbocycles. The van der Waals surface area contributed by atoms with Crippen molar-refractivity contribution in [2.24, 2.45) is 0 Å². The topological polar surface area (TPSA) is 39.3 Å². The van der Waals surface area contributed by atoms with Crippen molar-refractivity contribution in [3.05, 3.63) is 94.2 Å². The Labute approximate surface area is 208 Å². The predicted octanol–water partition coefficient (Wildman–Crippen LogP) is 6.26. The third-order valence-electron chi connectivity index (χ3n) is 5.99. The van der Waals surface area contributed by atoms with Gasteiger partial charge in [0.25, 0.3) is 0 Å². The highest BCUT2D eigenvalue weighted by molar-refractivity contribution is 9.10. The van der Waals surface area contributed by atoms with E-state index in [0.29, 0.717) is 25.9 Å². The number of rotatable bonds is 9. The lowest BCUT2D eigenvalue weighted by Crippen LogP contribution is -2.36. The second-order valence-electron chi connectivity index (χ2n) is 8.78. The Morgan fingerprint density at radius 1 is 0.941 bits per heavy atom. The first-order valence-electron chi connectivity index (χ1n) is 11.4. The van der Waals surface area contributed by atoms with Crippen LogP contribution in [0.15, 0.2) is 77.3 Å². The van der Waals surface area contributed by atoms with Gasteiger partial charge in [-0.25, -0.2) is 4.39 Å². The maximum Gasteiger partial charge on any atom is 0.223 e. The number of H-pyrrole nitrogens is 1. The van der Waals surface area contributed by atoms with Gasteiger partial charge in [0.2, 0.25) is 5.91 Å². The molecule has 4 aromatic rings. The van der Waals surface area contributed by atoms with Gasteiger partial charge in [0, 0.05) is 47.1 Å². The molecule has 0 saturated heterocycles. The van der Waals surface area contributed by atoms with Gasteiger partial charge in [-0.3, -0.25) is 4.79 Å². The molecule has 1 aromatic heterocycles. The molecule has 176 valence electrons. The number of para-hydroxylation sites is 1. The zero-order valence-corrected chi connectivity index (χ0v) is 21.1. The van der Waals surface area contributed by atoms with Crippen LogP contribution in [-0.2, 0) is 17.8 Å². The molecule has 0 fully saturated rings. The van der Waals surface area contributed by atoms with Crippen LogP contribution in [0.1, 0.15) is 17.5 Å². The number of hydrogen-bond acceptors (Lipinski definition) is 2. The van der Waals surface area contributed by atoms with Crippen molar-refractivity contribution in [1.82, 2.24) is 14.8 Å². The second-order valence-corrected chi connectivity index (χ2v) is 9.69. The summed E-state index contributed by atoms with van der Waals surface area (Å²) in [6, 6.07) is 22.7. The summed E-state index contributed by atoms with van der Waals surface area (Å²) in [6.45, 7) is 2.05. The Bertz CT molecular complexity index is 1250. The van der Waals surface area contributed by atoms with Crippen molar-refractivity contribution in [3.8, 4) is 11.3 Å². The highest BCUT2D eigenvalue weighted by Crippen LogP contribution is 2.31. The Morgan fingerprint density at radius 3 is 2.35 bits per heavy atom. The van der Waals surface area contributed by atoms with Gasteiger partial charge in [-0.2, -0.15) is 0 Å². The van der Waals surface area contributed by atoms with Gasteiger partial charge in [-0.15, -0.1) is 0 Å². The molecule has 1 N–H and O–H groups in total. The van der Waals surface area contributed by atoms with Crippen LogP contribution in [0.3, 0.4) is 0 Å². The van der Waals surface area contributed by atoms with Gasteiger partial charge in [-0.05, 0) is 79.7 Å². The zero-order chi connectivity index (χ0) is 24.1. The summed E-state index contributed by atoms with van der Waals surface area (Å²) < 4.78 is 14.5. The smallest absolute Gasteiger partial charge is 0.223 e. The lowest BCUT2D eigenvalue weighted by Gasteiger charge is -2.25. The van der Waals surface area contributed by atoms with Gasteiger partial charge in [0.15, 0.2) is 0 Å². The van der Waals surface area contributed by atoms with E-state index in [1.54, 1.807) is 12.1 Å². The minimum Gasteiger partial charge on any atom is -0.354 e. The zero-order valence-electron chi connectivity index (χ0n) is 19.5. The van der Waals surface area contributed by atoms with E-state index < -0.39 is 0 Å². The first-order chi connectivity index (χ1) is 16.4. The molecule has 0 unspecified atom stereocenters. The van der Waals surface area contributed by atoms with Crippen molar-refractivity contribution in [2.75, 3.05) is 27.2 Å². The van der Waals surface area contributed by atoms with E-state index in [9.17, 15) is 9.18 Å². The fraction of sp³-hybridized carbons (Fsp3) is 0.250. The molecule has 0 aliphatic carbocycles. The average Bonchev–Trinajstić information content (AvgIpc) is 3.20. The number of hydrogen-bond donors (Lipinski definition) is 1. The van der Waals surface area contributed by atoms with Crippen LogP contribution in [-0.4, -0.2) is 47.9 Å². The lowest BCUT2D eigenvalue weighted by atomic mass is 10.0. The maximum atomic E-state index is 13.5. The number of fused-ring (bicyclic) bond motifs is 1. The third kappa shape index (κ3) is 5.93. The van der Waals surface area contributed by atoms with E-state index >= 15 is 0 Å². The molecule has 0 aliphatic heterocycles. The molecule has 0 spiro atoms. The van der Waals surface area contributed by atoms with E-state index in [-0.39, 0.29) is 11.7 Å². The number of aryl methyl sites for hydroxylation is 1. The predicted molar refractivity (Wildman–Crippen MR) is 140 cm³/mol. The largest absolute Gasteiger partial charge is 0.354 e. The molecule has 4 rings (SSSR count). The number of carbonyl (C=O) groups excluding carboxylic acids is 1. The fourth-order valence-corrected chi connectivity index (χ4v) is 4.40. The number of halogens is 2. The van der Waals surface area contributed by atoms with Crippen molar-refractivity contribution >= 4 is 32.7 Å². The highest BCUT2D eigenvalue weighted by Gasteiger charge is 2.18. The average molecular weight is 522 g/mol. The van der Waals surface area contributed by atoms with Crippen molar-refractivity contribution in [2.45, 2.75) is 19.4 Å². The normalized spacial score (nSPS) is 11.3. The molecule has 34 heavy (non-hydrogen) atoms. The first-order valence-corrected chi connectivity index (χ1v) is 12.2. The molecule has 0 radical (unpaired) electrons. The van der Waals surface area contributed by atoms with Crippen LogP contribution in [0.25, 0.3) is 22.2 Å². The van der Waals surface area contributed by atoms with E-state index in [1.165, 1.54) is 12.1 Å². The first kappa shape index (κ1) is 24.2. The van der Waals surface area contributed by atoms with Crippen molar-refractivity contribution in [1.29, 1.82) is 0 Å². The Morgan fingerprint density at radius 2 is 1.65 bits per heavy atom. The number of nitrogens with zero attached hydrogens (tertiary/aromatic N) is 2. The van der Waals surface area contributed by atoms with Gasteiger partial charge in [-0.1, -0.05) is 46.3 Å². The Kier molecular flexibility index (Phi) is 7.80. The molecular weight excluding hydrogens is 493 g/mol. The fourth-order valence-electron chi connectivity index (χ4n) is 4.14. The van der Waals surface area contributed by atoms with E-state index in [2.05, 4.69) is 31.9 Å². The minimum atomic E-state index is -0.263. The summed E-state index contributed by atoms with van der Waals surface area (Å²) in [7, 11) is 4.03. The van der Waals surface area contributed by atoms with Gasteiger partial charge in [0.1, 0.15) is 5.82 Å². The molecule has 0 aliphatic rings. The molecule has 6 heteroatoms. The monoisotopic (exact) mass is 521 g/mol. The number of benzene rings is 3. The SMILES string of the molecule is CN(C)CCN(Cc1ccc(Br)cc1)C(=O)CCc1c(-c2ccc(F)cc2)[nH]c2ccccc12. The molecule has 0 saturated carbocycles. The standard InChI is InChI=1S/C28H29BrFN3O/c1-32(2)17-18-33(19-20-7-11-22(29)12-8-20)27(34)16-15-25-24-5-3-4-6-26(24)31-28(25)21-9-13-23(30)14-10-21/h3-14,31H,15-19H2,1-2H3. The van der Waals surface area contributed by atoms with E-state index in [0.717, 1.165) is 44.3 Å². The molecule has 4 nitrogen and oxygen atoms in total. The molecular formula is C28H29BrFN3O. The quantitative estimate of drug-likeness (QED) is 0.282. The number of nitrogens with one attached hydrogen (secondary N) is 1. The van der Waals surface area contributed by atoms with Gasteiger partial charge < -0.3 is 14.8 Å². The maximum absolute atomic E-state index is 13.5. The van der Waals surface area contributed by atoms with Crippen LogP contribution in [0, 0.1) is 5.82 Å². The summed E-state index contributed by atoms with van der Waals surface area (Å²) >= 11 is 3.48. The molecule has 1 amide bonds. The van der Waals surface area contributed by atoms with E-state index in [1.807, 2.05) is 61.5 Å². The number of likely N-dealkylation sites (N-methyl/N-ethyl adjacent to an activating group) is 1. The number of aromatic nitrogens is 1. The van der Waals surface area contributed by atoms with Crippen LogP contribution in [0.2, 0.25) is 0 Å². The summed E-state index contributed by atoms with van der Waals surface area (Å²) in [5.74, 6) is -0.138. The van der Waals surface area contributed by atoms with Crippen molar-refractivity contribution in [3.63, 3.8) is 0 Å². The third-order valence-corrected chi connectivity index (χ3v) is 6.52. The molecule has 0 bridgehead atoms. The number of amides is 1. The number of carbonyl (C=O) groups is 1. The Hall–Kier alpha value is -2.96. The second kappa shape index (κ2) is 11.0. The van der Waals surface area contributed by atoms with E-state index in [4.69, 9.17) is 0 Å². The number of aromatic amines is 1. The molecule has 1 heterocycles. The lowest BCUT2D eigenvalue weighted by molar-refractivity contribution is -0.131. The highest BCUT2D eigenvalue weighted by atomic mass is 79.9. The van der Waals surface area contributed by atoms with Crippen LogP contribution in [0.4, 0.5) is 4.39 Å². The summed E-state index contributed by atoms with van der Waals surface area (Å²) in [6.07, 6.45) is 1.01. The van der Waals surface area contributed by atoms with Crippen LogP contribution < -0.4 is 0 Å². The Balaban J connectivity index is 1.57. The van der Waals surface area contributed by atoms with Gasteiger partial charge in [0.05, 0.1) is 0 Å². The van der Waals surface area contributed by atoms with Crippen LogP contribution >= 0.6 is 15.9 Å².